The Balaban J connectivity index is 2.63. The molecular weight excluding hydrogens is 202 g/mol. The molecule has 1 aliphatic carbocycles. The maximum atomic E-state index is 10.9. The summed E-state index contributed by atoms with van der Waals surface area (Å²) in [5.74, 6) is -0.933. The number of benzene rings is 1. The topological polar surface area (TPSA) is 63.3 Å². The van der Waals surface area contributed by atoms with Crippen LogP contribution in [0.5, 0.6) is 0 Å². The van der Waals surface area contributed by atoms with Gasteiger partial charge in [0, 0.05) is 11.1 Å². The third-order valence-corrected chi connectivity index (χ3v) is 2.80. The van der Waals surface area contributed by atoms with Gasteiger partial charge in [-0.3, -0.25) is 0 Å². The SMILES string of the molecule is N[C@@H]1CCc2c(C(=O)O)cc(Cl)cc21. The second-order valence-corrected chi connectivity index (χ2v) is 3.91. The van der Waals surface area contributed by atoms with Crippen molar-refractivity contribution in [3.05, 3.63) is 33.8 Å². The monoisotopic (exact) mass is 211 g/mol. The van der Waals surface area contributed by atoms with Crippen LogP contribution >= 0.6 is 11.6 Å². The van der Waals surface area contributed by atoms with E-state index in [1.54, 1.807) is 6.07 Å². The van der Waals surface area contributed by atoms with Gasteiger partial charge in [0.1, 0.15) is 0 Å². The molecule has 0 fully saturated rings. The third kappa shape index (κ3) is 1.38. The number of hydrogen-bond donors (Lipinski definition) is 2. The Morgan fingerprint density at radius 3 is 2.93 bits per heavy atom. The van der Waals surface area contributed by atoms with Crippen LogP contribution in [0, 0.1) is 0 Å². The number of rotatable bonds is 1. The van der Waals surface area contributed by atoms with Crippen LogP contribution in [0.1, 0.15) is 33.9 Å². The molecular formula is C10H10ClNO2. The van der Waals surface area contributed by atoms with Gasteiger partial charge in [-0.05, 0) is 36.1 Å². The number of carbonyl (C=O) groups is 1. The maximum Gasteiger partial charge on any atom is 0.336 e. The molecule has 0 saturated carbocycles. The fourth-order valence-corrected chi connectivity index (χ4v) is 2.14. The van der Waals surface area contributed by atoms with Gasteiger partial charge in [-0.15, -0.1) is 0 Å². The van der Waals surface area contributed by atoms with Crippen LogP contribution in [0.4, 0.5) is 0 Å². The van der Waals surface area contributed by atoms with Gasteiger partial charge in [-0.25, -0.2) is 4.79 Å². The molecule has 74 valence electrons. The first-order valence-electron chi connectivity index (χ1n) is 4.41. The molecule has 0 heterocycles. The number of hydrogen-bond acceptors (Lipinski definition) is 2. The minimum absolute atomic E-state index is 0.0678. The van der Waals surface area contributed by atoms with E-state index in [9.17, 15) is 4.79 Å². The van der Waals surface area contributed by atoms with Gasteiger partial charge in [-0.2, -0.15) is 0 Å². The van der Waals surface area contributed by atoms with Gasteiger partial charge in [0.2, 0.25) is 0 Å². The standard InChI is InChI=1S/C10H10ClNO2/c11-5-3-7-6(1-2-9(7)12)8(4-5)10(13)14/h3-4,9H,1-2,12H2,(H,13,14)/t9-/m1/s1. The number of nitrogens with two attached hydrogens (primary N) is 1. The fraction of sp³-hybridized carbons (Fsp3) is 0.300. The predicted octanol–water partition coefficient (Wildman–Crippen LogP) is 1.98. The molecule has 3 nitrogen and oxygen atoms in total. The Morgan fingerprint density at radius 1 is 1.57 bits per heavy atom. The normalized spacial score (nSPS) is 19.4. The van der Waals surface area contributed by atoms with Crippen molar-refractivity contribution < 1.29 is 9.90 Å². The minimum atomic E-state index is -0.933. The average Bonchev–Trinajstić information content (AvgIpc) is 2.47. The van der Waals surface area contributed by atoms with E-state index in [2.05, 4.69) is 0 Å². The predicted molar refractivity (Wildman–Crippen MR) is 53.7 cm³/mol. The highest BCUT2D eigenvalue weighted by molar-refractivity contribution is 6.31. The van der Waals surface area contributed by atoms with E-state index in [0.29, 0.717) is 10.6 Å². The summed E-state index contributed by atoms with van der Waals surface area (Å²) in [5, 5.41) is 9.40. The van der Waals surface area contributed by atoms with Gasteiger partial charge in [0.05, 0.1) is 5.56 Å². The third-order valence-electron chi connectivity index (χ3n) is 2.58. The van der Waals surface area contributed by atoms with Crippen molar-refractivity contribution in [2.75, 3.05) is 0 Å². The zero-order valence-electron chi connectivity index (χ0n) is 7.46. The van der Waals surface area contributed by atoms with Crippen molar-refractivity contribution in [3.8, 4) is 0 Å². The van der Waals surface area contributed by atoms with E-state index < -0.39 is 5.97 Å². The largest absolute Gasteiger partial charge is 0.478 e. The van der Waals surface area contributed by atoms with Crippen molar-refractivity contribution in [1.29, 1.82) is 0 Å². The summed E-state index contributed by atoms with van der Waals surface area (Å²) in [6.07, 6.45) is 1.53. The number of aromatic carboxylic acids is 1. The molecule has 0 bridgehead atoms. The summed E-state index contributed by atoms with van der Waals surface area (Å²) in [6.45, 7) is 0. The summed E-state index contributed by atoms with van der Waals surface area (Å²) < 4.78 is 0. The van der Waals surface area contributed by atoms with Crippen LogP contribution < -0.4 is 5.73 Å². The number of fused-ring (bicyclic) bond motifs is 1. The fourth-order valence-electron chi connectivity index (χ4n) is 1.91. The van der Waals surface area contributed by atoms with Crippen LogP contribution in [-0.2, 0) is 6.42 Å². The lowest BCUT2D eigenvalue weighted by molar-refractivity contribution is 0.0696. The molecule has 4 heteroatoms. The van der Waals surface area contributed by atoms with Gasteiger partial charge in [0.15, 0.2) is 0 Å². The molecule has 1 aliphatic rings. The van der Waals surface area contributed by atoms with Crippen molar-refractivity contribution in [2.45, 2.75) is 18.9 Å². The molecule has 0 unspecified atom stereocenters. The van der Waals surface area contributed by atoms with E-state index in [-0.39, 0.29) is 6.04 Å². The van der Waals surface area contributed by atoms with Crippen molar-refractivity contribution >= 4 is 17.6 Å². The van der Waals surface area contributed by atoms with Crippen molar-refractivity contribution in [3.63, 3.8) is 0 Å². The molecule has 1 aromatic rings. The lowest BCUT2D eigenvalue weighted by Gasteiger charge is -2.07. The highest BCUT2D eigenvalue weighted by Crippen LogP contribution is 2.34. The second kappa shape index (κ2) is 3.26. The Morgan fingerprint density at radius 2 is 2.29 bits per heavy atom. The second-order valence-electron chi connectivity index (χ2n) is 3.47. The molecule has 3 N–H and O–H groups in total. The van der Waals surface area contributed by atoms with E-state index in [1.165, 1.54) is 6.07 Å². The van der Waals surface area contributed by atoms with Crippen LogP contribution in [0.2, 0.25) is 5.02 Å². The molecule has 1 atom stereocenters. The Labute approximate surface area is 86.5 Å². The molecule has 0 aliphatic heterocycles. The van der Waals surface area contributed by atoms with E-state index in [4.69, 9.17) is 22.4 Å². The van der Waals surface area contributed by atoms with E-state index >= 15 is 0 Å². The first-order valence-corrected chi connectivity index (χ1v) is 4.78. The highest BCUT2D eigenvalue weighted by Gasteiger charge is 2.24. The van der Waals surface area contributed by atoms with Crippen molar-refractivity contribution in [2.24, 2.45) is 5.73 Å². The molecule has 0 aromatic heterocycles. The lowest BCUT2D eigenvalue weighted by atomic mass is 10.0. The van der Waals surface area contributed by atoms with Crippen molar-refractivity contribution in [1.82, 2.24) is 0 Å². The summed E-state index contributed by atoms with van der Waals surface area (Å²) in [6, 6.07) is 3.18. The quantitative estimate of drug-likeness (QED) is 0.747. The minimum Gasteiger partial charge on any atom is -0.478 e. The molecule has 1 aromatic carbocycles. The average molecular weight is 212 g/mol. The van der Waals surface area contributed by atoms with Gasteiger partial charge in [0.25, 0.3) is 0 Å². The lowest BCUT2D eigenvalue weighted by Crippen LogP contribution is -2.07. The van der Waals surface area contributed by atoms with Gasteiger partial charge >= 0.3 is 5.97 Å². The Hall–Kier alpha value is -1.06. The molecule has 2 rings (SSSR count). The highest BCUT2D eigenvalue weighted by atomic mass is 35.5. The van der Waals surface area contributed by atoms with Crippen LogP contribution in [0.15, 0.2) is 12.1 Å². The van der Waals surface area contributed by atoms with Crippen LogP contribution in [-0.4, -0.2) is 11.1 Å². The molecule has 0 saturated heterocycles. The first kappa shape index (κ1) is 9.49. The van der Waals surface area contributed by atoms with E-state index in [1.807, 2.05) is 0 Å². The van der Waals surface area contributed by atoms with Crippen LogP contribution in [0.25, 0.3) is 0 Å². The Bertz CT molecular complexity index is 403. The van der Waals surface area contributed by atoms with E-state index in [0.717, 1.165) is 24.0 Å². The maximum absolute atomic E-state index is 10.9. The summed E-state index contributed by atoms with van der Waals surface area (Å²) in [7, 11) is 0. The zero-order chi connectivity index (χ0) is 10.3. The summed E-state index contributed by atoms with van der Waals surface area (Å²) in [5.41, 5.74) is 7.85. The smallest absolute Gasteiger partial charge is 0.336 e. The van der Waals surface area contributed by atoms with Gasteiger partial charge in [-0.1, -0.05) is 11.6 Å². The number of carboxylic acid groups (broad SMARTS) is 1. The zero-order valence-corrected chi connectivity index (χ0v) is 8.21. The van der Waals surface area contributed by atoms with Crippen LogP contribution in [0.3, 0.4) is 0 Å². The molecule has 0 amide bonds. The molecule has 14 heavy (non-hydrogen) atoms. The summed E-state index contributed by atoms with van der Waals surface area (Å²) in [4.78, 5) is 10.9. The van der Waals surface area contributed by atoms with Gasteiger partial charge < -0.3 is 10.8 Å². The Kier molecular flexibility index (Phi) is 2.21. The first-order chi connectivity index (χ1) is 6.59. The number of halogens is 1. The molecule has 0 radical (unpaired) electrons. The summed E-state index contributed by atoms with van der Waals surface area (Å²) >= 11 is 5.82. The number of carboxylic acids is 1. The molecule has 0 spiro atoms.